The van der Waals surface area contributed by atoms with Crippen molar-refractivity contribution in [2.45, 2.75) is 18.6 Å². The number of ether oxygens (including phenoxy) is 3. The molecule has 0 aliphatic heterocycles. The van der Waals surface area contributed by atoms with E-state index in [2.05, 4.69) is 0 Å². The zero-order valence-corrected chi connectivity index (χ0v) is 12.0. The predicted molar refractivity (Wildman–Crippen MR) is 73.8 cm³/mol. The lowest BCUT2D eigenvalue weighted by atomic mass is 9.90. The largest absolute Gasteiger partial charge is 0.480 e. The highest BCUT2D eigenvalue weighted by Gasteiger charge is 2.43. The standard InChI is InChI=1S/C13H14ClNO6/c1-19-4-5-20-13-10(16)7-12(13)21-11-3-2-8(14)6-9(11)15(17)18/h2-3,6,12-13H,4-5,7H2,1H3. The summed E-state index contributed by atoms with van der Waals surface area (Å²) in [5, 5.41) is 11.2. The molecular formula is C13H14ClNO6. The van der Waals surface area contributed by atoms with Crippen molar-refractivity contribution in [3.63, 3.8) is 0 Å². The second-order valence-corrected chi connectivity index (χ2v) is 4.92. The highest BCUT2D eigenvalue weighted by atomic mass is 35.5. The third kappa shape index (κ3) is 3.69. The van der Waals surface area contributed by atoms with E-state index in [4.69, 9.17) is 25.8 Å². The average molecular weight is 316 g/mol. The molecule has 0 amide bonds. The Morgan fingerprint density at radius 1 is 1.43 bits per heavy atom. The number of nitro benzene ring substituents is 1. The van der Waals surface area contributed by atoms with E-state index in [0.29, 0.717) is 6.61 Å². The van der Waals surface area contributed by atoms with Crippen molar-refractivity contribution in [2.75, 3.05) is 20.3 Å². The Balaban J connectivity index is 2.04. The monoisotopic (exact) mass is 315 g/mol. The van der Waals surface area contributed by atoms with Gasteiger partial charge in [0.1, 0.15) is 6.10 Å². The quantitative estimate of drug-likeness (QED) is 0.434. The van der Waals surface area contributed by atoms with Gasteiger partial charge in [0.2, 0.25) is 0 Å². The molecular weight excluding hydrogens is 302 g/mol. The van der Waals surface area contributed by atoms with Crippen molar-refractivity contribution in [2.24, 2.45) is 0 Å². The van der Waals surface area contributed by atoms with E-state index < -0.39 is 17.1 Å². The highest BCUT2D eigenvalue weighted by molar-refractivity contribution is 6.30. The van der Waals surface area contributed by atoms with E-state index in [0.717, 1.165) is 0 Å². The van der Waals surface area contributed by atoms with Crippen molar-refractivity contribution < 1.29 is 23.9 Å². The summed E-state index contributed by atoms with van der Waals surface area (Å²) in [6.45, 7) is 0.618. The molecule has 1 aromatic rings. The van der Waals surface area contributed by atoms with E-state index in [1.165, 1.54) is 25.3 Å². The number of Topliss-reactive ketones (excluding diaryl/α,β-unsaturated/α-hetero) is 1. The minimum atomic E-state index is -0.713. The van der Waals surface area contributed by atoms with E-state index in [9.17, 15) is 14.9 Å². The lowest BCUT2D eigenvalue weighted by Gasteiger charge is -2.34. The van der Waals surface area contributed by atoms with Crippen LogP contribution in [0.4, 0.5) is 5.69 Å². The van der Waals surface area contributed by atoms with E-state index in [1.807, 2.05) is 0 Å². The lowest BCUT2D eigenvalue weighted by molar-refractivity contribution is -0.386. The molecule has 2 unspecified atom stereocenters. The number of hydrogen-bond donors (Lipinski definition) is 0. The number of nitro groups is 1. The van der Waals surface area contributed by atoms with Gasteiger partial charge in [-0.15, -0.1) is 0 Å². The van der Waals surface area contributed by atoms with Crippen LogP contribution in [0.1, 0.15) is 6.42 Å². The van der Waals surface area contributed by atoms with Gasteiger partial charge in [0.15, 0.2) is 17.6 Å². The molecule has 0 spiro atoms. The first-order valence-electron chi connectivity index (χ1n) is 6.26. The fourth-order valence-electron chi connectivity index (χ4n) is 1.93. The maximum atomic E-state index is 11.5. The summed E-state index contributed by atoms with van der Waals surface area (Å²) in [6.07, 6.45) is -1.08. The minimum absolute atomic E-state index is 0.0715. The molecule has 0 saturated heterocycles. The number of carbonyl (C=O) groups is 1. The van der Waals surface area contributed by atoms with Crippen molar-refractivity contribution in [1.29, 1.82) is 0 Å². The van der Waals surface area contributed by atoms with Crippen LogP contribution in [0.15, 0.2) is 18.2 Å². The van der Waals surface area contributed by atoms with Crippen LogP contribution >= 0.6 is 11.6 Å². The van der Waals surface area contributed by atoms with Gasteiger partial charge in [0.05, 0.1) is 18.1 Å². The van der Waals surface area contributed by atoms with E-state index in [-0.39, 0.29) is 35.3 Å². The SMILES string of the molecule is COCCOC1C(=O)CC1Oc1ccc(Cl)cc1[N+](=O)[O-]. The van der Waals surface area contributed by atoms with Gasteiger partial charge in [-0.3, -0.25) is 14.9 Å². The Bertz CT molecular complexity index is 549. The number of benzene rings is 1. The van der Waals surface area contributed by atoms with Crippen LogP contribution in [-0.4, -0.2) is 43.2 Å². The minimum Gasteiger partial charge on any atom is -0.480 e. The zero-order valence-electron chi connectivity index (χ0n) is 11.3. The summed E-state index contributed by atoms with van der Waals surface area (Å²) in [5.74, 6) is -0.0186. The Labute approximate surface area is 125 Å². The molecule has 1 fully saturated rings. The molecule has 2 atom stereocenters. The molecule has 1 saturated carbocycles. The summed E-state index contributed by atoms with van der Waals surface area (Å²) in [5.41, 5.74) is -0.238. The van der Waals surface area contributed by atoms with Crippen LogP contribution in [0.5, 0.6) is 5.75 Å². The summed E-state index contributed by atoms with van der Waals surface area (Å²) in [7, 11) is 1.52. The Morgan fingerprint density at radius 2 is 2.19 bits per heavy atom. The molecule has 0 N–H and O–H groups in total. The molecule has 7 nitrogen and oxygen atoms in total. The molecule has 1 aromatic carbocycles. The van der Waals surface area contributed by atoms with Crippen LogP contribution in [0, 0.1) is 10.1 Å². The van der Waals surface area contributed by atoms with Crippen LogP contribution in [0.2, 0.25) is 5.02 Å². The smallest absolute Gasteiger partial charge is 0.312 e. The van der Waals surface area contributed by atoms with Gasteiger partial charge in [-0.1, -0.05) is 11.6 Å². The van der Waals surface area contributed by atoms with Gasteiger partial charge in [0.25, 0.3) is 0 Å². The molecule has 1 aliphatic carbocycles. The van der Waals surface area contributed by atoms with Crippen molar-refractivity contribution in [1.82, 2.24) is 0 Å². The number of methoxy groups -OCH3 is 1. The zero-order chi connectivity index (χ0) is 15.4. The van der Waals surface area contributed by atoms with Gasteiger partial charge >= 0.3 is 5.69 Å². The normalized spacial score (nSPS) is 21.0. The van der Waals surface area contributed by atoms with Crippen molar-refractivity contribution in [3.8, 4) is 5.75 Å². The number of rotatable bonds is 7. The summed E-state index contributed by atoms with van der Waals surface area (Å²) < 4.78 is 15.7. The second kappa shape index (κ2) is 6.84. The molecule has 2 rings (SSSR count). The fraction of sp³-hybridized carbons (Fsp3) is 0.462. The van der Waals surface area contributed by atoms with E-state index >= 15 is 0 Å². The maximum absolute atomic E-state index is 11.5. The second-order valence-electron chi connectivity index (χ2n) is 4.48. The van der Waals surface area contributed by atoms with Crippen LogP contribution in [-0.2, 0) is 14.3 Å². The molecule has 8 heteroatoms. The van der Waals surface area contributed by atoms with Crippen LogP contribution in [0.3, 0.4) is 0 Å². The Kier molecular flexibility index (Phi) is 5.11. The first-order chi connectivity index (χ1) is 10.0. The lowest BCUT2D eigenvalue weighted by Crippen LogP contribution is -2.52. The summed E-state index contributed by atoms with van der Waals surface area (Å²) >= 11 is 5.73. The third-order valence-electron chi connectivity index (χ3n) is 3.04. The number of hydrogen-bond acceptors (Lipinski definition) is 6. The fourth-order valence-corrected chi connectivity index (χ4v) is 2.09. The van der Waals surface area contributed by atoms with Crippen LogP contribution in [0.25, 0.3) is 0 Å². The molecule has 114 valence electrons. The number of ketones is 1. The van der Waals surface area contributed by atoms with Gasteiger partial charge in [0, 0.05) is 24.6 Å². The molecule has 21 heavy (non-hydrogen) atoms. The molecule has 0 radical (unpaired) electrons. The first-order valence-corrected chi connectivity index (χ1v) is 6.64. The van der Waals surface area contributed by atoms with Gasteiger partial charge in [-0.25, -0.2) is 0 Å². The van der Waals surface area contributed by atoms with Gasteiger partial charge in [-0.2, -0.15) is 0 Å². The van der Waals surface area contributed by atoms with Gasteiger partial charge in [-0.05, 0) is 12.1 Å². The molecule has 1 aliphatic rings. The topological polar surface area (TPSA) is 87.9 Å². The van der Waals surface area contributed by atoms with Gasteiger partial charge < -0.3 is 14.2 Å². The highest BCUT2D eigenvalue weighted by Crippen LogP contribution is 2.34. The maximum Gasteiger partial charge on any atom is 0.312 e. The number of halogens is 1. The molecule has 0 aromatic heterocycles. The van der Waals surface area contributed by atoms with Crippen molar-refractivity contribution in [3.05, 3.63) is 33.3 Å². The third-order valence-corrected chi connectivity index (χ3v) is 3.27. The average Bonchev–Trinajstić information content (AvgIpc) is 2.44. The Morgan fingerprint density at radius 3 is 2.81 bits per heavy atom. The first kappa shape index (κ1) is 15.7. The van der Waals surface area contributed by atoms with E-state index in [1.54, 1.807) is 0 Å². The predicted octanol–water partition coefficient (Wildman–Crippen LogP) is 2.00. The van der Waals surface area contributed by atoms with Crippen molar-refractivity contribution >= 4 is 23.1 Å². The molecule has 0 bridgehead atoms. The summed E-state index contributed by atoms with van der Waals surface area (Å²) in [4.78, 5) is 21.9. The Hall–Kier alpha value is -1.70. The number of nitrogens with zero attached hydrogens (tertiary/aromatic N) is 1. The summed E-state index contributed by atoms with van der Waals surface area (Å²) in [6, 6.07) is 4.11. The number of carbonyl (C=O) groups excluding carboxylic acids is 1. The van der Waals surface area contributed by atoms with Crippen LogP contribution < -0.4 is 4.74 Å². The molecule has 0 heterocycles.